The van der Waals surface area contributed by atoms with Gasteiger partial charge in [0.25, 0.3) is 0 Å². The largest absolute Gasteiger partial charge is 0.461 e. The van der Waals surface area contributed by atoms with Crippen LogP contribution >= 0.6 is 11.3 Å². The monoisotopic (exact) mass is 214 g/mol. The molecule has 0 atom stereocenters. The van der Waals surface area contributed by atoms with Crippen LogP contribution in [0.1, 0.15) is 23.6 Å². The number of carbonyl (C=O) groups excluding carboxylic acids is 2. The molecule has 1 amide bonds. The Morgan fingerprint density at radius 1 is 1.64 bits per heavy atom. The van der Waals surface area contributed by atoms with E-state index in [0.29, 0.717) is 11.6 Å². The van der Waals surface area contributed by atoms with Crippen LogP contribution in [0.15, 0.2) is 6.20 Å². The third kappa shape index (κ3) is 2.81. The Morgan fingerprint density at radius 2 is 2.36 bits per heavy atom. The third-order valence-corrected chi connectivity index (χ3v) is 2.15. The number of thiazole rings is 1. The van der Waals surface area contributed by atoms with Gasteiger partial charge in [-0.05, 0) is 6.92 Å². The summed E-state index contributed by atoms with van der Waals surface area (Å²) < 4.78 is 4.74. The van der Waals surface area contributed by atoms with E-state index in [4.69, 9.17) is 4.74 Å². The van der Waals surface area contributed by atoms with E-state index < -0.39 is 5.97 Å². The molecule has 0 saturated carbocycles. The van der Waals surface area contributed by atoms with E-state index in [1.54, 1.807) is 6.92 Å². The lowest BCUT2D eigenvalue weighted by Crippen LogP contribution is -2.04. The summed E-state index contributed by atoms with van der Waals surface area (Å²) in [5.74, 6) is -0.654. The van der Waals surface area contributed by atoms with Crippen molar-refractivity contribution in [1.29, 1.82) is 0 Å². The summed E-state index contributed by atoms with van der Waals surface area (Å²) >= 11 is 1.09. The van der Waals surface area contributed by atoms with Crippen LogP contribution in [0.25, 0.3) is 0 Å². The van der Waals surface area contributed by atoms with Crippen molar-refractivity contribution >= 4 is 28.2 Å². The minimum Gasteiger partial charge on any atom is -0.461 e. The summed E-state index contributed by atoms with van der Waals surface area (Å²) in [7, 11) is 0. The summed E-state index contributed by atoms with van der Waals surface area (Å²) in [5.41, 5.74) is 0. The minimum atomic E-state index is -0.464. The summed E-state index contributed by atoms with van der Waals surface area (Å²) in [6.07, 6.45) is 1.43. The summed E-state index contributed by atoms with van der Waals surface area (Å²) in [6.45, 7) is 3.43. The smallest absolute Gasteiger partial charge is 0.367 e. The van der Waals surface area contributed by atoms with Crippen molar-refractivity contribution in [3.63, 3.8) is 0 Å². The van der Waals surface area contributed by atoms with E-state index in [1.807, 2.05) is 0 Å². The van der Waals surface area contributed by atoms with Gasteiger partial charge in [-0.25, -0.2) is 9.78 Å². The number of anilines is 1. The van der Waals surface area contributed by atoms with Crippen molar-refractivity contribution in [1.82, 2.24) is 4.98 Å². The van der Waals surface area contributed by atoms with Gasteiger partial charge >= 0.3 is 5.97 Å². The minimum absolute atomic E-state index is 0.191. The lowest BCUT2D eigenvalue weighted by molar-refractivity contribution is -0.114. The third-order valence-electron chi connectivity index (χ3n) is 1.25. The molecule has 1 aromatic heterocycles. The van der Waals surface area contributed by atoms with Gasteiger partial charge in [0, 0.05) is 6.92 Å². The maximum Gasteiger partial charge on any atom is 0.367 e. The Bertz CT molecular complexity index is 348. The van der Waals surface area contributed by atoms with Crippen molar-refractivity contribution < 1.29 is 14.3 Å². The van der Waals surface area contributed by atoms with Crippen LogP contribution in [-0.2, 0) is 9.53 Å². The molecule has 0 aliphatic heterocycles. The number of nitrogens with one attached hydrogen (secondary N) is 1. The second kappa shape index (κ2) is 4.71. The highest BCUT2D eigenvalue weighted by molar-refractivity contribution is 7.17. The number of hydrogen-bond acceptors (Lipinski definition) is 5. The normalized spacial score (nSPS) is 9.57. The summed E-state index contributed by atoms with van der Waals surface area (Å²) in [4.78, 5) is 25.6. The van der Waals surface area contributed by atoms with Gasteiger partial charge in [0.2, 0.25) is 10.9 Å². The quantitative estimate of drug-likeness (QED) is 0.769. The Kier molecular flexibility index (Phi) is 3.58. The number of amides is 1. The summed E-state index contributed by atoms with van der Waals surface area (Å²) in [6, 6.07) is 0. The van der Waals surface area contributed by atoms with E-state index in [9.17, 15) is 9.59 Å². The van der Waals surface area contributed by atoms with Gasteiger partial charge in [-0.15, -0.1) is 0 Å². The van der Waals surface area contributed by atoms with Crippen LogP contribution in [0.3, 0.4) is 0 Å². The van der Waals surface area contributed by atoms with E-state index in [0.717, 1.165) is 11.3 Å². The first-order valence-electron chi connectivity index (χ1n) is 4.04. The standard InChI is InChI=1S/C8H10N2O3S/c1-3-13-8(12)7-9-4-6(14-7)10-5(2)11/h4H,3H2,1-2H3,(H,10,11). The molecule has 1 heterocycles. The first-order chi connectivity index (χ1) is 6.63. The summed E-state index contributed by atoms with van der Waals surface area (Å²) in [5, 5.41) is 3.32. The Labute approximate surface area is 85.1 Å². The van der Waals surface area contributed by atoms with Crippen LogP contribution < -0.4 is 5.32 Å². The molecular formula is C8H10N2O3S. The molecule has 0 aliphatic carbocycles. The number of nitrogens with zero attached hydrogens (tertiary/aromatic N) is 1. The first kappa shape index (κ1) is 10.6. The maximum atomic E-state index is 11.2. The van der Waals surface area contributed by atoms with E-state index in [1.165, 1.54) is 13.1 Å². The highest BCUT2D eigenvalue weighted by atomic mass is 32.1. The zero-order valence-electron chi connectivity index (χ0n) is 7.86. The SMILES string of the molecule is CCOC(=O)c1ncc(NC(C)=O)s1. The number of hydrogen-bond donors (Lipinski definition) is 1. The van der Waals surface area contributed by atoms with Gasteiger partial charge in [-0.1, -0.05) is 11.3 Å². The molecular weight excluding hydrogens is 204 g/mol. The Balaban J connectivity index is 2.67. The lowest BCUT2D eigenvalue weighted by atomic mass is 10.6. The topological polar surface area (TPSA) is 68.3 Å². The van der Waals surface area contributed by atoms with Crippen molar-refractivity contribution in [3.8, 4) is 0 Å². The van der Waals surface area contributed by atoms with Gasteiger partial charge in [0.15, 0.2) is 0 Å². The number of ether oxygens (including phenoxy) is 1. The van der Waals surface area contributed by atoms with Crippen LogP contribution in [0, 0.1) is 0 Å². The fourth-order valence-corrected chi connectivity index (χ4v) is 1.55. The molecule has 0 fully saturated rings. The second-order valence-corrected chi connectivity index (χ2v) is 3.46. The molecule has 1 rings (SSSR count). The van der Waals surface area contributed by atoms with Gasteiger partial charge in [-0.3, -0.25) is 4.79 Å². The van der Waals surface area contributed by atoms with Gasteiger partial charge in [0.1, 0.15) is 5.00 Å². The van der Waals surface area contributed by atoms with Crippen LogP contribution in [0.2, 0.25) is 0 Å². The van der Waals surface area contributed by atoms with Crippen LogP contribution in [0.4, 0.5) is 5.00 Å². The van der Waals surface area contributed by atoms with Crippen LogP contribution in [0.5, 0.6) is 0 Å². The number of aromatic nitrogens is 1. The molecule has 0 bridgehead atoms. The Hall–Kier alpha value is -1.43. The van der Waals surface area contributed by atoms with E-state index >= 15 is 0 Å². The number of esters is 1. The van der Waals surface area contributed by atoms with Gasteiger partial charge in [-0.2, -0.15) is 0 Å². The lowest BCUT2D eigenvalue weighted by Gasteiger charge is -1.95. The molecule has 0 aromatic carbocycles. The van der Waals surface area contributed by atoms with Crippen molar-refractivity contribution in [2.45, 2.75) is 13.8 Å². The second-order valence-electron chi connectivity index (χ2n) is 2.43. The Morgan fingerprint density at radius 3 is 2.93 bits per heavy atom. The highest BCUT2D eigenvalue weighted by Gasteiger charge is 2.11. The molecule has 0 spiro atoms. The van der Waals surface area contributed by atoms with Crippen molar-refractivity contribution in [3.05, 3.63) is 11.2 Å². The predicted molar refractivity (Wildman–Crippen MR) is 52.4 cm³/mol. The maximum absolute atomic E-state index is 11.2. The molecule has 0 radical (unpaired) electrons. The predicted octanol–water partition coefficient (Wildman–Crippen LogP) is 1.28. The molecule has 6 heteroatoms. The molecule has 0 aliphatic rings. The van der Waals surface area contributed by atoms with Crippen molar-refractivity contribution in [2.75, 3.05) is 11.9 Å². The van der Waals surface area contributed by atoms with Crippen molar-refractivity contribution in [2.24, 2.45) is 0 Å². The molecule has 0 unspecified atom stereocenters. The molecule has 0 saturated heterocycles. The fraction of sp³-hybridized carbons (Fsp3) is 0.375. The molecule has 5 nitrogen and oxygen atoms in total. The molecule has 1 aromatic rings. The van der Waals surface area contributed by atoms with E-state index in [-0.39, 0.29) is 10.9 Å². The molecule has 14 heavy (non-hydrogen) atoms. The van der Waals surface area contributed by atoms with Crippen LogP contribution in [-0.4, -0.2) is 23.5 Å². The molecule has 76 valence electrons. The average molecular weight is 214 g/mol. The van der Waals surface area contributed by atoms with Gasteiger partial charge in [0.05, 0.1) is 12.8 Å². The average Bonchev–Trinajstić information content (AvgIpc) is 2.52. The fourth-order valence-electron chi connectivity index (χ4n) is 0.793. The molecule has 1 N–H and O–H groups in total. The van der Waals surface area contributed by atoms with E-state index in [2.05, 4.69) is 10.3 Å². The zero-order chi connectivity index (χ0) is 10.6. The first-order valence-corrected chi connectivity index (χ1v) is 4.85. The van der Waals surface area contributed by atoms with Gasteiger partial charge < -0.3 is 10.1 Å². The highest BCUT2D eigenvalue weighted by Crippen LogP contribution is 2.19. The number of rotatable bonds is 3. The zero-order valence-corrected chi connectivity index (χ0v) is 8.68. The number of carbonyl (C=O) groups is 2.